The first-order chi connectivity index (χ1) is 17.7. The third-order valence-corrected chi connectivity index (χ3v) is 7.18. The van der Waals surface area contributed by atoms with Crippen LogP contribution in [-0.4, -0.2) is 69.1 Å². The minimum Gasteiger partial charge on any atom is -0.342 e. The van der Waals surface area contributed by atoms with Gasteiger partial charge in [0, 0.05) is 45.1 Å². The van der Waals surface area contributed by atoms with E-state index in [9.17, 15) is 18.4 Å². The molecule has 2 saturated carbocycles. The van der Waals surface area contributed by atoms with Crippen LogP contribution in [0.25, 0.3) is 6.08 Å². The van der Waals surface area contributed by atoms with Crippen molar-refractivity contribution in [1.82, 2.24) is 35.5 Å². The van der Waals surface area contributed by atoms with Crippen molar-refractivity contribution >= 4 is 24.7 Å². The molecule has 0 bridgehead atoms. The second-order valence-electron chi connectivity index (χ2n) is 10.1. The van der Waals surface area contributed by atoms with Gasteiger partial charge in [-0.05, 0) is 49.8 Å². The summed E-state index contributed by atoms with van der Waals surface area (Å²) < 4.78 is 34.2. The molecular formula is C24H30F2N8O3. The Morgan fingerprint density at radius 1 is 1.35 bits per heavy atom. The van der Waals surface area contributed by atoms with Gasteiger partial charge < -0.3 is 15.5 Å². The van der Waals surface area contributed by atoms with E-state index in [0.717, 1.165) is 18.4 Å². The lowest BCUT2D eigenvalue weighted by Gasteiger charge is -2.33. The van der Waals surface area contributed by atoms with Gasteiger partial charge in [-0.3, -0.25) is 4.79 Å². The highest BCUT2D eigenvalue weighted by Crippen LogP contribution is 2.42. The second-order valence-corrected chi connectivity index (χ2v) is 10.1. The highest BCUT2D eigenvalue weighted by Gasteiger charge is 2.40. The Bertz CT molecular complexity index is 1210. The summed E-state index contributed by atoms with van der Waals surface area (Å²) in [7, 11) is 0. The average Bonchev–Trinajstić information content (AvgIpc) is 3.23. The monoisotopic (exact) mass is 516 g/mol. The van der Waals surface area contributed by atoms with Crippen molar-refractivity contribution in [2.75, 3.05) is 19.6 Å². The predicted octanol–water partition coefficient (Wildman–Crippen LogP) is 3.33. The molecular weight excluding hydrogens is 486 g/mol. The van der Waals surface area contributed by atoms with Crippen LogP contribution in [0.4, 0.5) is 13.6 Å². The summed E-state index contributed by atoms with van der Waals surface area (Å²) in [6.45, 7) is 7.13. The number of carbonyl (C=O) groups is 2. The number of aromatic nitrogens is 4. The molecule has 0 radical (unpaired) electrons. The van der Waals surface area contributed by atoms with Gasteiger partial charge in [0.05, 0.1) is 17.9 Å². The fourth-order valence-corrected chi connectivity index (χ4v) is 5.01. The van der Waals surface area contributed by atoms with E-state index in [1.165, 1.54) is 4.68 Å². The smallest absolute Gasteiger partial charge is 0.317 e. The van der Waals surface area contributed by atoms with Gasteiger partial charge in [0.15, 0.2) is 11.5 Å². The molecule has 13 heteroatoms. The van der Waals surface area contributed by atoms with Crippen molar-refractivity contribution in [3.05, 3.63) is 34.7 Å². The zero-order valence-corrected chi connectivity index (χ0v) is 20.6. The van der Waals surface area contributed by atoms with Gasteiger partial charge in [-0.2, -0.15) is 5.10 Å². The highest BCUT2D eigenvalue weighted by molar-refractivity contribution is 5.93. The van der Waals surface area contributed by atoms with E-state index in [1.807, 2.05) is 6.92 Å². The number of carbonyl (C=O) groups excluding carboxylic acids is 2. The first-order valence-electron chi connectivity index (χ1n) is 12.5. The molecule has 5 rings (SSSR count). The maximum Gasteiger partial charge on any atom is 0.317 e. The second kappa shape index (κ2) is 10.0. The average molecular weight is 517 g/mol. The van der Waals surface area contributed by atoms with Gasteiger partial charge in [-0.15, -0.1) is 0 Å². The molecule has 11 nitrogen and oxygen atoms in total. The van der Waals surface area contributed by atoms with Crippen molar-refractivity contribution in [2.24, 2.45) is 11.0 Å². The fraction of sp³-hybridized carbons (Fsp3) is 0.583. The quantitative estimate of drug-likeness (QED) is 0.492. The van der Waals surface area contributed by atoms with Crippen molar-refractivity contribution in [1.29, 1.82) is 0 Å². The van der Waals surface area contributed by atoms with E-state index in [4.69, 9.17) is 9.61 Å². The van der Waals surface area contributed by atoms with Crippen LogP contribution in [0.2, 0.25) is 0 Å². The van der Waals surface area contributed by atoms with Crippen LogP contribution in [0.3, 0.4) is 0 Å². The lowest BCUT2D eigenvalue weighted by molar-refractivity contribution is -0.0495. The molecule has 1 aliphatic heterocycles. The van der Waals surface area contributed by atoms with Crippen molar-refractivity contribution in [3.8, 4) is 0 Å². The molecule has 0 aromatic carbocycles. The number of imidazole rings is 1. The van der Waals surface area contributed by atoms with Crippen LogP contribution in [0.15, 0.2) is 21.5 Å². The zero-order chi connectivity index (χ0) is 26.2. The van der Waals surface area contributed by atoms with Crippen LogP contribution < -0.4 is 10.6 Å². The summed E-state index contributed by atoms with van der Waals surface area (Å²) in [5.41, 5.74) is 2.00. The van der Waals surface area contributed by atoms with E-state index in [0.29, 0.717) is 36.8 Å². The number of amides is 3. The van der Waals surface area contributed by atoms with Crippen LogP contribution in [0.1, 0.15) is 85.1 Å². The van der Waals surface area contributed by atoms with Crippen LogP contribution >= 0.6 is 0 Å². The van der Waals surface area contributed by atoms with E-state index in [2.05, 4.69) is 32.8 Å². The third-order valence-electron chi connectivity index (χ3n) is 7.18. The molecule has 2 N–H and O–H groups in total. The molecule has 37 heavy (non-hydrogen) atoms. The first kappa shape index (κ1) is 25.0. The van der Waals surface area contributed by atoms with Gasteiger partial charge in [-0.25, -0.2) is 27.9 Å². The third kappa shape index (κ3) is 5.54. The van der Waals surface area contributed by atoms with E-state index in [1.54, 1.807) is 17.2 Å². The molecule has 1 unspecified atom stereocenters. The summed E-state index contributed by atoms with van der Waals surface area (Å²) in [6, 6.07) is -0.768. The van der Waals surface area contributed by atoms with Gasteiger partial charge >= 0.3 is 6.03 Å². The van der Waals surface area contributed by atoms with E-state index >= 15 is 0 Å². The Kier molecular flexibility index (Phi) is 6.78. The SMILES string of the molecule is C=Nn1cc(C(NC(=O)c2nonc2C2CC2)C2CCC(F)(F)CC2)nc1/C=C(\C)CN1CCNC1=O. The normalized spacial score (nSPS) is 21.1. The summed E-state index contributed by atoms with van der Waals surface area (Å²) in [5.74, 6) is -2.83. The summed E-state index contributed by atoms with van der Waals surface area (Å²) >= 11 is 0. The van der Waals surface area contributed by atoms with Gasteiger partial charge in [0.2, 0.25) is 5.92 Å². The number of nitrogens with zero attached hydrogens (tertiary/aromatic N) is 6. The summed E-state index contributed by atoms with van der Waals surface area (Å²) in [5, 5.41) is 17.5. The number of alkyl halides is 2. The maximum atomic E-state index is 13.9. The predicted molar refractivity (Wildman–Crippen MR) is 129 cm³/mol. The number of rotatable bonds is 9. The molecule has 2 aromatic heterocycles. The zero-order valence-electron chi connectivity index (χ0n) is 20.6. The van der Waals surface area contributed by atoms with Crippen molar-refractivity contribution in [3.63, 3.8) is 0 Å². The van der Waals surface area contributed by atoms with Crippen molar-refractivity contribution in [2.45, 2.75) is 63.3 Å². The Morgan fingerprint density at radius 3 is 2.76 bits per heavy atom. The Hall–Kier alpha value is -3.64. The lowest BCUT2D eigenvalue weighted by Crippen LogP contribution is -2.37. The molecule has 3 aliphatic rings. The topological polar surface area (TPSA) is 131 Å². The summed E-state index contributed by atoms with van der Waals surface area (Å²) in [6.07, 6.45) is 5.22. The molecule has 198 valence electrons. The van der Waals surface area contributed by atoms with E-state index < -0.39 is 17.9 Å². The molecule has 3 fully saturated rings. The van der Waals surface area contributed by atoms with Crippen molar-refractivity contribution < 1.29 is 23.0 Å². The number of urea groups is 1. The molecule has 3 heterocycles. The molecule has 0 spiro atoms. The number of hydrogen-bond acceptors (Lipinski definition) is 7. The van der Waals surface area contributed by atoms with Crippen LogP contribution in [0.5, 0.6) is 0 Å². The highest BCUT2D eigenvalue weighted by atomic mass is 19.3. The van der Waals surface area contributed by atoms with Crippen LogP contribution in [0, 0.1) is 5.92 Å². The molecule has 2 aromatic rings. The van der Waals surface area contributed by atoms with E-state index in [-0.39, 0.29) is 49.2 Å². The molecule has 3 amide bonds. The van der Waals surface area contributed by atoms with Gasteiger partial charge in [-0.1, -0.05) is 10.7 Å². The number of hydrogen-bond donors (Lipinski definition) is 2. The Morgan fingerprint density at radius 2 is 2.11 bits per heavy atom. The Labute approximate surface area is 212 Å². The molecule has 2 aliphatic carbocycles. The Balaban J connectivity index is 1.41. The number of halogens is 2. The summed E-state index contributed by atoms with van der Waals surface area (Å²) in [4.78, 5) is 31.5. The van der Waals surface area contributed by atoms with Gasteiger partial charge in [0.25, 0.3) is 5.91 Å². The largest absolute Gasteiger partial charge is 0.342 e. The molecule has 1 saturated heterocycles. The van der Waals surface area contributed by atoms with Gasteiger partial charge in [0.1, 0.15) is 5.69 Å². The fourth-order valence-electron chi connectivity index (χ4n) is 5.01. The standard InChI is InChI=1S/C24H30F2N8O3/c1-14(12-33-10-9-28-23(33)36)11-18-29-17(13-34(18)27-2)19(16-5-7-24(25,26)8-6-16)30-22(35)21-20(15-3-4-15)31-37-32-21/h11,13,15-16,19H,2-10,12H2,1H3,(H,28,36)(H,30,35)/b14-11+. The van der Waals surface area contributed by atoms with Crippen LogP contribution in [-0.2, 0) is 0 Å². The lowest BCUT2D eigenvalue weighted by atomic mass is 9.81. The maximum absolute atomic E-state index is 13.9. The first-order valence-corrected chi connectivity index (χ1v) is 12.5. The molecule has 1 atom stereocenters. The minimum atomic E-state index is -2.71. The minimum absolute atomic E-state index is 0.120. The number of nitrogens with one attached hydrogen (secondary N) is 2.